The lowest BCUT2D eigenvalue weighted by Gasteiger charge is -2.29. The van der Waals surface area contributed by atoms with E-state index in [1.54, 1.807) is 36.4 Å². The second-order valence-electron chi connectivity index (χ2n) is 6.11. The van der Waals surface area contributed by atoms with Crippen LogP contribution in [0.1, 0.15) is 37.9 Å². The van der Waals surface area contributed by atoms with Gasteiger partial charge in [0.2, 0.25) is 0 Å². The fraction of sp³-hybridized carbons (Fsp3) is 0.368. The quantitative estimate of drug-likeness (QED) is 0.863. The standard InChI is InChI=1S/C19H24FN3O2/c1-13(2)23(12-15-7-6-10-21-11-15)19(24)22-14(3)18-16(20)8-5-9-17(18)25-4/h5-11,13-14H,12H2,1-4H3,(H,22,24)/t14-/m0/s1. The van der Waals surface area contributed by atoms with Crippen LogP contribution >= 0.6 is 0 Å². The predicted molar refractivity (Wildman–Crippen MR) is 94.8 cm³/mol. The van der Waals surface area contributed by atoms with E-state index in [4.69, 9.17) is 4.74 Å². The number of halogens is 1. The lowest BCUT2D eigenvalue weighted by Crippen LogP contribution is -2.44. The minimum absolute atomic E-state index is 0.0186. The summed E-state index contributed by atoms with van der Waals surface area (Å²) in [7, 11) is 1.48. The first-order valence-corrected chi connectivity index (χ1v) is 8.22. The van der Waals surface area contributed by atoms with Gasteiger partial charge in [-0.05, 0) is 44.5 Å². The maximum absolute atomic E-state index is 14.2. The molecule has 0 spiro atoms. The normalized spacial score (nSPS) is 11.9. The number of hydrogen-bond acceptors (Lipinski definition) is 3. The molecular formula is C19H24FN3O2. The molecule has 1 aromatic heterocycles. The first-order valence-electron chi connectivity index (χ1n) is 8.22. The van der Waals surface area contributed by atoms with Gasteiger partial charge in [-0.15, -0.1) is 0 Å². The third-order valence-electron chi connectivity index (χ3n) is 3.97. The molecule has 6 heteroatoms. The molecule has 1 heterocycles. The molecule has 0 aliphatic rings. The second-order valence-corrected chi connectivity index (χ2v) is 6.11. The largest absolute Gasteiger partial charge is 0.496 e. The number of nitrogens with one attached hydrogen (secondary N) is 1. The van der Waals surface area contributed by atoms with E-state index in [0.717, 1.165) is 5.56 Å². The molecule has 2 aromatic rings. The van der Waals surface area contributed by atoms with Crippen LogP contribution in [0.2, 0.25) is 0 Å². The molecule has 1 atom stereocenters. The van der Waals surface area contributed by atoms with Crippen molar-refractivity contribution >= 4 is 6.03 Å². The Morgan fingerprint density at radius 1 is 1.28 bits per heavy atom. The molecular weight excluding hydrogens is 321 g/mol. The number of benzene rings is 1. The number of methoxy groups -OCH3 is 1. The van der Waals surface area contributed by atoms with E-state index in [9.17, 15) is 9.18 Å². The van der Waals surface area contributed by atoms with E-state index in [1.165, 1.54) is 13.2 Å². The summed E-state index contributed by atoms with van der Waals surface area (Å²) < 4.78 is 19.4. The van der Waals surface area contributed by atoms with Crippen molar-refractivity contribution in [2.45, 2.75) is 39.4 Å². The highest BCUT2D eigenvalue weighted by molar-refractivity contribution is 5.75. The van der Waals surface area contributed by atoms with Gasteiger partial charge in [-0.3, -0.25) is 4.98 Å². The maximum Gasteiger partial charge on any atom is 0.318 e. The number of ether oxygens (including phenoxy) is 1. The Bertz CT molecular complexity index is 707. The Labute approximate surface area is 147 Å². The van der Waals surface area contributed by atoms with E-state index in [1.807, 2.05) is 26.0 Å². The first-order chi connectivity index (χ1) is 11.9. The van der Waals surface area contributed by atoms with Gasteiger partial charge in [0.05, 0.1) is 18.7 Å². The van der Waals surface area contributed by atoms with E-state index in [-0.39, 0.29) is 12.1 Å². The third kappa shape index (κ3) is 4.68. The average Bonchev–Trinajstić information content (AvgIpc) is 2.59. The van der Waals surface area contributed by atoms with Gasteiger partial charge in [-0.1, -0.05) is 12.1 Å². The summed E-state index contributed by atoms with van der Waals surface area (Å²) in [6.07, 6.45) is 3.42. The van der Waals surface area contributed by atoms with Crippen LogP contribution in [0.15, 0.2) is 42.7 Å². The van der Waals surface area contributed by atoms with Crippen LogP contribution in [-0.4, -0.2) is 29.1 Å². The van der Waals surface area contributed by atoms with Crippen molar-refractivity contribution in [1.82, 2.24) is 15.2 Å². The van der Waals surface area contributed by atoms with Gasteiger partial charge in [-0.25, -0.2) is 9.18 Å². The fourth-order valence-electron chi connectivity index (χ4n) is 2.63. The number of aromatic nitrogens is 1. The molecule has 5 nitrogen and oxygen atoms in total. The number of urea groups is 1. The Kier molecular flexibility index (Phi) is 6.33. The zero-order valence-electron chi connectivity index (χ0n) is 15.0. The minimum Gasteiger partial charge on any atom is -0.496 e. The van der Waals surface area contributed by atoms with Crippen LogP contribution in [0.4, 0.5) is 9.18 Å². The highest BCUT2D eigenvalue weighted by atomic mass is 19.1. The van der Waals surface area contributed by atoms with Gasteiger partial charge in [0.15, 0.2) is 0 Å². The summed E-state index contributed by atoms with van der Waals surface area (Å²) in [5, 5.41) is 2.86. The van der Waals surface area contributed by atoms with E-state index >= 15 is 0 Å². The highest BCUT2D eigenvalue weighted by Crippen LogP contribution is 2.27. The van der Waals surface area contributed by atoms with Crippen LogP contribution in [-0.2, 0) is 6.54 Å². The number of rotatable bonds is 6. The summed E-state index contributed by atoms with van der Waals surface area (Å²) >= 11 is 0. The summed E-state index contributed by atoms with van der Waals surface area (Å²) in [6, 6.07) is 7.55. The Hall–Kier alpha value is -2.63. The molecule has 0 bridgehead atoms. The van der Waals surface area contributed by atoms with Crippen molar-refractivity contribution in [1.29, 1.82) is 0 Å². The summed E-state index contributed by atoms with van der Waals surface area (Å²) in [4.78, 5) is 18.5. The van der Waals surface area contributed by atoms with Gasteiger partial charge in [0, 0.05) is 25.0 Å². The maximum atomic E-state index is 14.2. The van der Waals surface area contributed by atoms with Crippen LogP contribution in [0.5, 0.6) is 5.75 Å². The lowest BCUT2D eigenvalue weighted by molar-refractivity contribution is 0.176. The van der Waals surface area contributed by atoms with Crippen LogP contribution < -0.4 is 10.1 Å². The topological polar surface area (TPSA) is 54.5 Å². The zero-order valence-corrected chi connectivity index (χ0v) is 15.0. The molecule has 0 aliphatic carbocycles. The molecule has 2 amide bonds. The number of carbonyl (C=O) groups is 1. The summed E-state index contributed by atoms with van der Waals surface area (Å²) in [5.74, 6) is 0.00617. The SMILES string of the molecule is COc1cccc(F)c1[C@H](C)NC(=O)N(Cc1cccnc1)C(C)C. The van der Waals surface area contributed by atoms with Crippen LogP contribution in [0.25, 0.3) is 0 Å². The molecule has 0 saturated carbocycles. The van der Waals surface area contributed by atoms with Crippen molar-refractivity contribution in [2.75, 3.05) is 7.11 Å². The Balaban J connectivity index is 2.15. The van der Waals surface area contributed by atoms with Crippen LogP contribution in [0.3, 0.4) is 0 Å². The smallest absolute Gasteiger partial charge is 0.318 e. The van der Waals surface area contributed by atoms with E-state index in [0.29, 0.717) is 17.9 Å². The van der Waals surface area contributed by atoms with Crippen LogP contribution in [0, 0.1) is 5.82 Å². The summed E-state index contributed by atoms with van der Waals surface area (Å²) in [6.45, 7) is 6.04. The van der Waals surface area contributed by atoms with Crippen molar-refractivity contribution in [3.63, 3.8) is 0 Å². The molecule has 0 aliphatic heterocycles. The number of hydrogen-bond donors (Lipinski definition) is 1. The van der Waals surface area contributed by atoms with Gasteiger partial charge >= 0.3 is 6.03 Å². The van der Waals surface area contributed by atoms with Crippen molar-refractivity contribution in [3.8, 4) is 5.75 Å². The van der Waals surface area contributed by atoms with E-state index < -0.39 is 11.9 Å². The monoisotopic (exact) mass is 345 g/mol. The molecule has 0 unspecified atom stereocenters. The number of pyridine rings is 1. The molecule has 25 heavy (non-hydrogen) atoms. The molecule has 0 fully saturated rings. The number of amides is 2. The molecule has 2 rings (SSSR count). The van der Waals surface area contributed by atoms with E-state index in [2.05, 4.69) is 10.3 Å². The molecule has 1 N–H and O–H groups in total. The Morgan fingerprint density at radius 3 is 2.64 bits per heavy atom. The van der Waals surface area contributed by atoms with Crippen molar-refractivity contribution in [3.05, 3.63) is 59.7 Å². The van der Waals surface area contributed by atoms with Gasteiger partial charge in [-0.2, -0.15) is 0 Å². The number of nitrogens with zero attached hydrogens (tertiary/aromatic N) is 2. The Morgan fingerprint density at radius 2 is 2.04 bits per heavy atom. The minimum atomic E-state index is -0.529. The zero-order chi connectivity index (χ0) is 18.4. The van der Waals surface area contributed by atoms with Gasteiger partial charge in [0.1, 0.15) is 11.6 Å². The van der Waals surface area contributed by atoms with Gasteiger partial charge < -0.3 is 15.0 Å². The summed E-state index contributed by atoms with van der Waals surface area (Å²) in [5.41, 5.74) is 1.27. The van der Waals surface area contributed by atoms with Crippen molar-refractivity contribution < 1.29 is 13.9 Å². The molecule has 1 aromatic carbocycles. The molecule has 0 saturated heterocycles. The highest BCUT2D eigenvalue weighted by Gasteiger charge is 2.23. The number of carbonyl (C=O) groups excluding carboxylic acids is 1. The van der Waals surface area contributed by atoms with Crippen molar-refractivity contribution in [2.24, 2.45) is 0 Å². The lowest BCUT2D eigenvalue weighted by atomic mass is 10.1. The first kappa shape index (κ1) is 18.7. The average molecular weight is 345 g/mol. The van der Waals surface area contributed by atoms with Gasteiger partial charge in [0.25, 0.3) is 0 Å². The molecule has 0 radical (unpaired) electrons. The fourth-order valence-corrected chi connectivity index (χ4v) is 2.63. The predicted octanol–water partition coefficient (Wildman–Crippen LogP) is 3.91. The second kappa shape index (κ2) is 8.46. The molecule has 134 valence electrons. The third-order valence-corrected chi connectivity index (χ3v) is 3.97.